The van der Waals surface area contributed by atoms with Gasteiger partial charge in [0.25, 0.3) is 0 Å². The lowest BCUT2D eigenvalue weighted by Gasteiger charge is -2.22. The first-order chi connectivity index (χ1) is 9.34. The number of rotatable bonds is 3. The molecule has 0 unspecified atom stereocenters. The van der Waals surface area contributed by atoms with Gasteiger partial charge in [0.15, 0.2) is 11.6 Å². The van der Waals surface area contributed by atoms with Crippen LogP contribution in [0.5, 0.6) is 5.75 Å². The molecule has 1 aromatic heterocycles. The van der Waals surface area contributed by atoms with E-state index < -0.39 is 4.92 Å². The van der Waals surface area contributed by atoms with Crippen LogP contribution >= 0.6 is 0 Å². The monoisotopic (exact) mass is 276 g/mol. The number of benzene rings is 1. The van der Waals surface area contributed by atoms with E-state index >= 15 is 0 Å². The minimum absolute atomic E-state index is 0.0712. The molecule has 0 amide bonds. The predicted molar refractivity (Wildman–Crippen MR) is 73.7 cm³/mol. The predicted octanol–water partition coefficient (Wildman–Crippen LogP) is 2.62. The summed E-state index contributed by atoms with van der Waals surface area (Å²) in [5, 5.41) is 18.9. The van der Waals surface area contributed by atoms with E-state index in [0.717, 1.165) is 5.56 Å². The lowest BCUT2D eigenvalue weighted by atomic mass is 10.1. The summed E-state index contributed by atoms with van der Waals surface area (Å²) in [6.45, 7) is 6.09. The van der Waals surface area contributed by atoms with E-state index in [0.29, 0.717) is 5.82 Å². The average Bonchev–Trinajstić information content (AvgIpc) is 2.86. The normalized spacial score (nSPS) is 11.4. The van der Waals surface area contributed by atoms with Gasteiger partial charge in [-0.05, 0) is 32.9 Å². The van der Waals surface area contributed by atoms with Gasteiger partial charge in [0.1, 0.15) is 6.33 Å². The minimum atomic E-state index is -0.475. The molecule has 0 aliphatic rings. The zero-order valence-electron chi connectivity index (χ0n) is 11.8. The van der Waals surface area contributed by atoms with Crippen molar-refractivity contribution < 1.29 is 9.66 Å². The number of hydrogen-bond acceptors (Lipinski definition) is 5. The number of nitro benzene ring substituents is 1. The maximum Gasteiger partial charge on any atom is 0.310 e. The van der Waals surface area contributed by atoms with Gasteiger partial charge in [-0.2, -0.15) is 0 Å². The van der Waals surface area contributed by atoms with Gasteiger partial charge in [-0.3, -0.25) is 10.1 Å². The highest BCUT2D eigenvalue weighted by atomic mass is 16.6. The lowest BCUT2D eigenvalue weighted by molar-refractivity contribution is -0.385. The first-order valence-corrected chi connectivity index (χ1v) is 6.08. The van der Waals surface area contributed by atoms with Crippen molar-refractivity contribution in [2.24, 2.45) is 0 Å². The minimum Gasteiger partial charge on any atom is -0.490 e. The third-order valence-corrected chi connectivity index (χ3v) is 2.91. The van der Waals surface area contributed by atoms with E-state index in [1.807, 2.05) is 25.3 Å². The first kappa shape index (κ1) is 14.0. The molecule has 0 radical (unpaired) electrons. The summed E-state index contributed by atoms with van der Waals surface area (Å²) in [4.78, 5) is 10.4. The number of methoxy groups -OCH3 is 1. The van der Waals surface area contributed by atoms with E-state index in [-0.39, 0.29) is 17.0 Å². The fourth-order valence-electron chi connectivity index (χ4n) is 1.89. The molecule has 0 aliphatic heterocycles. The van der Waals surface area contributed by atoms with Crippen LogP contribution in [0, 0.1) is 10.1 Å². The molecule has 20 heavy (non-hydrogen) atoms. The molecule has 2 aromatic rings. The maximum atomic E-state index is 10.9. The zero-order valence-corrected chi connectivity index (χ0v) is 11.8. The number of nitrogens with zero attached hydrogens (tertiary/aromatic N) is 4. The largest absolute Gasteiger partial charge is 0.490 e. The Hall–Kier alpha value is -2.44. The third kappa shape index (κ3) is 2.47. The standard InChI is InChI=1S/C13H16N4O3/c1-13(2,3)16-8-14-15-12(16)9-5-6-10(17(18)19)11(7-9)20-4/h5-8H,1-4H3. The second-order valence-electron chi connectivity index (χ2n) is 5.34. The summed E-state index contributed by atoms with van der Waals surface area (Å²) in [7, 11) is 1.40. The quantitative estimate of drug-likeness (QED) is 0.635. The van der Waals surface area contributed by atoms with E-state index in [1.165, 1.54) is 13.2 Å². The Morgan fingerprint density at radius 2 is 2.05 bits per heavy atom. The molecular weight excluding hydrogens is 260 g/mol. The Kier molecular flexibility index (Phi) is 3.44. The summed E-state index contributed by atoms with van der Waals surface area (Å²) >= 11 is 0. The van der Waals surface area contributed by atoms with Crippen molar-refractivity contribution in [3.8, 4) is 17.1 Å². The molecule has 1 heterocycles. The van der Waals surface area contributed by atoms with Crippen LogP contribution in [0.1, 0.15) is 20.8 Å². The van der Waals surface area contributed by atoms with E-state index in [1.54, 1.807) is 18.5 Å². The Balaban J connectivity index is 2.55. The van der Waals surface area contributed by atoms with Gasteiger partial charge in [0.2, 0.25) is 0 Å². The first-order valence-electron chi connectivity index (χ1n) is 6.08. The van der Waals surface area contributed by atoms with Gasteiger partial charge < -0.3 is 9.30 Å². The number of nitro groups is 1. The molecule has 0 aliphatic carbocycles. The van der Waals surface area contributed by atoms with E-state index in [9.17, 15) is 10.1 Å². The Morgan fingerprint density at radius 3 is 2.60 bits per heavy atom. The van der Waals surface area contributed by atoms with Crippen molar-refractivity contribution in [3.63, 3.8) is 0 Å². The Bertz CT molecular complexity index is 643. The highest BCUT2D eigenvalue weighted by Gasteiger charge is 2.21. The fraction of sp³-hybridized carbons (Fsp3) is 0.385. The lowest BCUT2D eigenvalue weighted by Crippen LogP contribution is -2.21. The van der Waals surface area contributed by atoms with Gasteiger partial charge in [0, 0.05) is 17.2 Å². The molecule has 0 saturated heterocycles. The second-order valence-corrected chi connectivity index (χ2v) is 5.34. The van der Waals surface area contributed by atoms with Crippen molar-refractivity contribution >= 4 is 5.69 Å². The summed E-state index contributed by atoms with van der Waals surface area (Å²) in [5.41, 5.74) is 0.464. The van der Waals surface area contributed by atoms with Crippen molar-refractivity contribution in [2.75, 3.05) is 7.11 Å². The van der Waals surface area contributed by atoms with Crippen LogP contribution in [0.4, 0.5) is 5.69 Å². The maximum absolute atomic E-state index is 10.9. The van der Waals surface area contributed by atoms with Gasteiger partial charge in [-0.25, -0.2) is 0 Å². The third-order valence-electron chi connectivity index (χ3n) is 2.91. The number of aromatic nitrogens is 3. The molecule has 7 nitrogen and oxygen atoms in total. The summed E-state index contributed by atoms with van der Waals surface area (Å²) < 4.78 is 6.98. The van der Waals surface area contributed by atoms with Crippen molar-refractivity contribution in [3.05, 3.63) is 34.6 Å². The van der Waals surface area contributed by atoms with Crippen LogP contribution in [-0.4, -0.2) is 26.8 Å². The molecule has 0 fully saturated rings. The van der Waals surface area contributed by atoms with Crippen LogP contribution < -0.4 is 4.74 Å². The number of hydrogen-bond donors (Lipinski definition) is 0. The molecule has 1 aromatic carbocycles. The molecule has 0 N–H and O–H groups in total. The second kappa shape index (κ2) is 4.92. The molecule has 0 saturated carbocycles. The van der Waals surface area contributed by atoms with Crippen molar-refractivity contribution in [2.45, 2.75) is 26.3 Å². The molecule has 7 heteroatoms. The van der Waals surface area contributed by atoms with Crippen molar-refractivity contribution in [1.29, 1.82) is 0 Å². The molecule has 106 valence electrons. The van der Waals surface area contributed by atoms with Gasteiger partial charge >= 0.3 is 5.69 Å². The van der Waals surface area contributed by atoms with Crippen molar-refractivity contribution in [1.82, 2.24) is 14.8 Å². The average molecular weight is 276 g/mol. The van der Waals surface area contributed by atoms with Gasteiger partial charge in [0.05, 0.1) is 12.0 Å². The summed E-state index contributed by atoms with van der Waals surface area (Å²) in [6, 6.07) is 4.66. The van der Waals surface area contributed by atoms with Crippen LogP contribution in [0.25, 0.3) is 11.4 Å². The van der Waals surface area contributed by atoms with E-state index in [4.69, 9.17) is 4.74 Å². The number of ether oxygens (including phenoxy) is 1. The Morgan fingerprint density at radius 1 is 1.35 bits per heavy atom. The molecular formula is C13H16N4O3. The van der Waals surface area contributed by atoms with Crippen LogP contribution in [-0.2, 0) is 5.54 Å². The zero-order chi connectivity index (χ0) is 14.9. The SMILES string of the molecule is COc1cc(-c2nncn2C(C)(C)C)ccc1[N+](=O)[O-]. The highest BCUT2D eigenvalue weighted by Crippen LogP contribution is 2.32. The molecule has 0 atom stereocenters. The molecule has 0 bridgehead atoms. The molecule has 2 rings (SSSR count). The highest BCUT2D eigenvalue weighted by molar-refractivity contribution is 5.63. The van der Waals surface area contributed by atoms with Crippen LogP contribution in [0.2, 0.25) is 0 Å². The summed E-state index contributed by atoms with van der Waals surface area (Å²) in [5.74, 6) is 0.849. The summed E-state index contributed by atoms with van der Waals surface area (Å²) in [6.07, 6.45) is 1.64. The van der Waals surface area contributed by atoms with Crippen LogP contribution in [0.15, 0.2) is 24.5 Å². The van der Waals surface area contributed by atoms with E-state index in [2.05, 4.69) is 10.2 Å². The van der Waals surface area contributed by atoms with Gasteiger partial charge in [-0.15, -0.1) is 10.2 Å². The molecule has 0 spiro atoms. The topological polar surface area (TPSA) is 83.1 Å². The Labute approximate surface area is 116 Å². The van der Waals surface area contributed by atoms with Gasteiger partial charge in [-0.1, -0.05) is 0 Å². The fourth-order valence-corrected chi connectivity index (χ4v) is 1.89. The smallest absolute Gasteiger partial charge is 0.310 e. The van der Waals surface area contributed by atoms with Crippen LogP contribution in [0.3, 0.4) is 0 Å².